The lowest BCUT2D eigenvalue weighted by molar-refractivity contribution is -0.143. The molecule has 1 amide bonds. The van der Waals surface area contributed by atoms with E-state index in [4.69, 9.17) is 21.1 Å². The molecule has 9 heteroatoms. The van der Waals surface area contributed by atoms with Crippen molar-refractivity contribution in [2.75, 3.05) is 12.9 Å². The Morgan fingerprint density at radius 2 is 1.87 bits per heavy atom. The van der Waals surface area contributed by atoms with Gasteiger partial charge in [-0.2, -0.15) is 0 Å². The minimum Gasteiger partial charge on any atom is -0.466 e. The van der Waals surface area contributed by atoms with Crippen molar-refractivity contribution in [3.63, 3.8) is 0 Å². The summed E-state index contributed by atoms with van der Waals surface area (Å²) < 4.78 is 32.3. The van der Waals surface area contributed by atoms with Crippen LogP contribution < -0.4 is 5.32 Å². The number of sulfone groups is 1. The van der Waals surface area contributed by atoms with Gasteiger partial charge in [-0.05, 0) is 40.2 Å². The number of carbonyl (C=O) groups excluding carboxylic acids is 2. The molecule has 0 bridgehead atoms. The summed E-state index contributed by atoms with van der Waals surface area (Å²) in [6.45, 7) is 7.00. The predicted molar refractivity (Wildman–Crippen MR) is 87.8 cm³/mol. The van der Waals surface area contributed by atoms with Crippen molar-refractivity contribution < 1.29 is 27.5 Å². The molecule has 0 rings (SSSR count). The standard InChI is InChI=1S/C14H24ClNO6S/c1-6-21-12(17)8-7-10(9-11(15)23(5,19)20)16-13(18)22-14(2,3)4/h9-10H,6-8H2,1-5H3,(H,16,18). The molecule has 0 aliphatic rings. The van der Waals surface area contributed by atoms with Gasteiger partial charge in [0.05, 0.1) is 12.6 Å². The number of alkyl carbamates (subject to hydrolysis) is 1. The summed E-state index contributed by atoms with van der Waals surface area (Å²) in [5.41, 5.74) is -0.708. The molecule has 0 heterocycles. The van der Waals surface area contributed by atoms with E-state index in [1.165, 1.54) is 6.08 Å². The van der Waals surface area contributed by atoms with Crippen LogP contribution in [0.25, 0.3) is 0 Å². The molecular weight excluding hydrogens is 346 g/mol. The number of halogens is 1. The van der Waals surface area contributed by atoms with Crippen LogP contribution in [-0.2, 0) is 24.1 Å². The van der Waals surface area contributed by atoms with Gasteiger partial charge in [-0.3, -0.25) is 4.79 Å². The highest BCUT2D eigenvalue weighted by Crippen LogP contribution is 2.14. The Kier molecular flexibility index (Phi) is 8.61. The minimum atomic E-state index is -3.60. The van der Waals surface area contributed by atoms with Crippen LogP contribution in [0.2, 0.25) is 0 Å². The van der Waals surface area contributed by atoms with Crippen LogP contribution in [0, 0.1) is 0 Å². The molecule has 0 aromatic rings. The molecule has 0 aliphatic heterocycles. The largest absolute Gasteiger partial charge is 0.466 e. The van der Waals surface area contributed by atoms with Crippen LogP contribution in [0.15, 0.2) is 10.4 Å². The second kappa shape index (κ2) is 9.12. The van der Waals surface area contributed by atoms with E-state index in [1.807, 2.05) is 0 Å². The Labute approximate surface area is 142 Å². The Bertz CT molecular complexity index is 550. The average molecular weight is 370 g/mol. The molecule has 0 aromatic heterocycles. The minimum absolute atomic E-state index is 0.00125. The topological polar surface area (TPSA) is 98.8 Å². The lowest BCUT2D eigenvalue weighted by atomic mass is 10.1. The number of amides is 1. The average Bonchev–Trinajstić information content (AvgIpc) is 2.32. The fraction of sp³-hybridized carbons (Fsp3) is 0.714. The number of nitrogens with one attached hydrogen (secondary N) is 1. The number of rotatable bonds is 7. The van der Waals surface area contributed by atoms with Crippen LogP contribution in [0.1, 0.15) is 40.5 Å². The van der Waals surface area contributed by atoms with Gasteiger partial charge in [0.15, 0.2) is 9.84 Å². The molecule has 134 valence electrons. The fourth-order valence-electron chi connectivity index (χ4n) is 1.44. The predicted octanol–water partition coefficient (Wildman–Crippen LogP) is 2.35. The zero-order valence-electron chi connectivity index (χ0n) is 14.0. The molecular formula is C14H24ClNO6S. The Balaban J connectivity index is 5.01. The van der Waals surface area contributed by atoms with Crippen molar-refractivity contribution in [1.82, 2.24) is 5.32 Å². The second-order valence-electron chi connectivity index (χ2n) is 5.84. The highest BCUT2D eigenvalue weighted by molar-refractivity contribution is 7.96. The number of carbonyl (C=O) groups is 2. The zero-order chi connectivity index (χ0) is 18.3. The number of hydrogen-bond acceptors (Lipinski definition) is 6. The summed E-state index contributed by atoms with van der Waals surface area (Å²) >= 11 is 5.71. The third kappa shape index (κ3) is 11.0. The highest BCUT2D eigenvalue weighted by Gasteiger charge is 2.21. The van der Waals surface area contributed by atoms with Gasteiger partial charge in [0, 0.05) is 12.7 Å². The first kappa shape index (κ1) is 21.7. The third-order valence-corrected chi connectivity index (χ3v) is 4.16. The normalized spacial score (nSPS) is 14.1. The molecule has 0 aromatic carbocycles. The fourth-order valence-corrected chi connectivity index (χ4v) is 2.01. The van der Waals surface area contributed by atoms with Gasteiger partial charge in [0.25, 0.3) is 0 Å². The first-order chi connectivity index (χ1) is 10.3. The van der Waals surface area contributed by atoms with E-state index in [1.54, 1.807) is 27.7 Å². The van der Waals surface area contributed by atoms with Crippen LogP contribution in [-0.4, -0.2) is 45.0 Å². The summed E-state index contributed by atoms with van der Waals surface area (Å²) in [7, 11) is -3.60. The monoisotopic (exact) mass is 369 g/mol. The summed E-state index contributed by atoms with van der Waals surface area (Å²) in [5.74, 6) is -0.452. The number of esters is 1. The quantitative estimate of drug-likeness (QED) is 0.691. The van der Waals surface area contributed by atoms with Crippen molar-refractivity contribution in [3.8, 4) is 0 Å². The zero-order valence-corrected chi connectivity index (χ0v) is 15.6. The van der Waals surface area contributed by atoms with Gasteiger partial charge in [0.2, 0.25) is 0 Å². The molecule has 1 unspecified atom stereocenters. The molecule has 1 atom stereocenters. The van der Waals surface area contributed by atoms with E-state index in [-0.39, 0.29) is 19.4 Å². The Hall–Kier alpha value is -1.28. The van der Waals surface area contributed by atoms with Crippen molar-refractivity contribution >= 4 is 33.5 Å². The first-order valence-electron chi connectivity index (χ1n) is 7.07. The third-order valence-electron chi connectivity index (χ3n) is 2.35. The second-order valence-corrected chi connectivity index (χ2v) is 8.45. The van der Waals surface area contributed by atoms with Gasteiger partial charge >= 0.3 is 12.1 Å². The molecule has 0 fully saturated rings. The molecule has 1 N–H and O–H groups in total. The molecule has 0 saturated heterocycles. The summed E-state index contributed by atoms with van der Waals surface area (Å²) in [6, 6.07) is -0.781. The molecule has 23 heavy (non-hydrogen) atoms. The first-order valence-corrected chi connectivity index (χ1v) is 9.34. The maximum absolute atomic E-state index is 11.8. The summed E-state index contributed by atoms with van der Waals surface area (Å²) in [5, 5.41) is 2.48. The maximum atomic E-state index is 11.8. The van der Waals surface area contributed by atoms with E-state index in [2.05, 4.69) is 5.32 Å². The van der Waals surface area contributed by atoms with Gasteiger partial charge in [-0.1, -0.05) is 11.6 Å². The summed E-state index contributed by atoms with van der Waals surface area (Å²) in [4.78, 5) is 23.2. The lowest BCUT2D eigenvalue weighted by Gasteiger charge is -2.22. The molecule has 0 radical (unpaired) electrons. The van der Waals surface area contributed by atoms with Crippen molar-refractivity contribution in [1.29, 1.82) is 0 Å². The van der Waals surface area contributed by atoms with Crippen LogP contribution >= 0.6 is 11.6 Å². The molecule has 7 nitrogen and oxygen atoms in total. The van der Waals surface area contributed by atoms with Crippen LogP contribution in [0.4, 0.5) is 4.79 Å². The van der Waals surface area contributed by atoms with Gasteiger partial charge in [-0.25, -0.2) is 13.2 Å². The van der Waals surface area contributed by atoms with Crippen molar-refractivity contribution in [3.05, 3.63) is 10.4 Å². The number of ether oxygens (including phenoxy) is 2. The molecule has 0 spiro atoms. The maximum Gasteiger partial charge on any atom is 0.408 e. The number of hydrogen-bond donors (Lipinski definition) is 1. The van der Waals surface area contributed by atoms with E-state index in [0.717, 1.165) is 6.26 Å². The summed E-state index contributed by atoms with van der Waals surface area (Å²) in [6.07, 6.45) is 1.50. The van der Waals surface area contributed by atoms with E-state index >= 15 is 0 Å². The van der Waals surface area contributed by atoms with Gasteiger partial charge in [0.1, 0.15) is 9.97 Å². The van der Waals surface area contributed by atoms with Crippen LogP contribution in [0.3, 0.4) is 0 Å². The van der Waals surface area contributed by atoms with Gasteiger partial charge in [-0.15, -0.1) is 0 Å². The van der Waals surface area contributed by atoms with Crippen molar-refractivity contribution in [2.45, 2.75) is 52.2 Å². The Morgan fingerprint density at radius 3 is 2.30 bits per heavy atom. The smallest absolute Gasteiger partial charge is 0.408 e. The molecule has 0 saturated carbocycles. The van der Waals surface area contributed by atoms with E-state index in [0.29, 0.717) is 0 Å². The molecule has 0 aliphatic carbocycles. The highest BCUT2D eigenvalue weighted by atomic mass is 35.5. The van der Waals surface area contributed by atoms with Crippen LogP contribution in [0.5, 0.6) is 0 Å². The SMILES string of the molecule is CCOC(=O)CCC(C=C(Cl)S(C)(=O)=O)NC(=O)OC(C)(C)C. The van der Waals surface area contributed by atoms with E-state index in [9.17, 15) is 18.0 Å². The van der Waals surface area contributed by atoms with Crippen molar-refractivity contribution in [2.24, 2.45) is 0 Å². The Morgan fingerprint density at radius 1 is 1.30 bits per heavy atom. The lowest BCUT2D eigenvalue weighted by Crippen LogP contribution is -2.38. The van der Waals surface area contributed by atoms with Gasteiger partial charge < -0.3 is 14.8 Å². The van der Waals surface area contributed by atoms with E-state index < -0.39 is 37.9 Å².